The molecule has 3 nitrogen and oxygen atoms in total. The van der Waals surface area contributed by atoms with E-state index in [2.05, 4.69) is 12.2 Å². The molecule has 0 saturated carbocycles. The first-order valence-electron chi connectivity index (χ1n) is 5.15. The van der Waals surface area contributed by atoms with E-state index < -0.39 is 0 Å². The first-order chi connectivity index (χ1) is 6.31. The number of hydrogen-bond donors (Lipinski definition) is 1. The first-order valence-corrected chi connectivity index (χ1v) is 5.15. The molecule has 3 heteroatoms. The maximum atomic E-state index is 11.1. The highest BCUT2D eigenvalue weighted by Crippen LogP contribution is 1.91. The van der Waals surface area contributed by atoms with Crippen LogP contribution in [0.15, 0.2) is 0 Å². The van der Waals surface area contributed by atoms with Crippen molar-refractivity contribution in [3.05, 3.63) is 0 Å². The van der Waals surface area contributed by atoms with Crippen LogP contribution in [0.3, 0.4) is 0 Å². The van der Waals surface area contributed by atoms with Gasteiger partial charge in [-0.3, -0.25) is 4.79 Å². The van der Waals surface area contributed by atoms with Gasteiger partial charge in [0.05, 0.1) is 6.61 Å². The third-order valence-electron chi connectivity index (χ3n) is 1.78. The second-order valence-electron chi connectivity index (χ2n) is 3.00. The fourth-order valence-corrected chi connectivity index (χ4v) is 1.00. The van der Waals surface area contributed by atoms with E-state index in [0.717, 1.165) is 13.0 Å². The van der Waals surface area contributed by atoms with Gasteiger partial charge in [0.2, 0.25) is 5.91 Å². The molecule has 0 aromatic rings. The number of unbranched alkanes of at least 4 members (excludes halogenated alkanes) is 2. The van der Waals surface area contributed by atoms with Crippen molar-refractivity contribution in [2.24, 2.45) is 0 Å². The summed E-state index contributed by atoms with van der Waals surface area (Å²) in [7, 11) is 0. The summed E-state index contributed by atoms with van der Waals surface area (Å²) in [6.45, 7) is 6.11. The van der Waals surface area contributed by atoms with Crippen LogP contribution in [0.25, 0.3) is 0 Å². The van der Waals surface area contributed by atoms with Gasteiger partial charge in [0, 0.05) is 19.6 Å². The molecule has 13 heavy (non-hydrogen) atoms. The second-order valence-corrected chi connectivity index (χ2v) is 3.00. The van der Waals surface area contributed by atoms with Gasteiger partial charge < -0.3 is 10.1 Å². The molecule has 0 heterocycles. The van der Waals surface area contributed by atoms with Crippen molar-refractivity contribution in [1.29, 1.82) is 0 Å². The minimum Gasteiger partial charge on any atom is -0.381 e. The summed E-state index contributed by atoms with van der Waals surface area (Å²) in [6.07, 6.45) is 3.94. The molecular formula is C10H21NO2. The zero-order chi connectivity index (χ0) is 9.94. The standard InChI is InChI=1S/C10H21NO2/c1-3-5-6-8-11-10(12)7-9-13-4-2/h3-9H2,1-2H3,(H,11,12). The molecule has 1 N–H and O–H groups in total. The predicted octanol–water partition coefficient (Wildman–Crippen LogP) is 1.72. The van der Waals surface area contributed by atoms with Crippen LogP contribution in [0.2, 0.25) is 0 Å². The van der Waals surface area contributed by atoms with Gasteiger partial charge in [0.25, 0.3) is 0 Å². The van der Waals surface area contributed by atoms with Gasteiger partial charge in [-0.05, 0) is 13.3 Å². The lowest BCUT2D eigenvalue weighted by Gasteiger charge is -2.04. The summed E-state index contributed by atoms with van der Waals surface area (Å²) < 4.78 is 5.07. The Morgan fingerprint density at radius 2 is 2.08 bits per heavy atom. The van der Waals surface area contributed by atoms with E-state index in [4.69, 9.17) is 4.74 Å². The van der Waals surface area contributed by atoms with E-state index in [9.17, 15) is 4.79 Å². The molecule has 0 aliphatic heterocycles. The van der Waals surface area contributed by atoms with E-state index >= 15 is 0 Å². The first kappa shape index (κ1) is 12.4. The number of nitrogens with one attached hydrogen (secondary N) is 1. The van der Waals surface area contributed by atoms with Crippen LogP contribution in [-0.4, -0.2) is 25.7 Å². The SMILES string of the molecule is CCCCCNC(=O)CCOCC. The van der Waals surface area contributed by atoms with Crippen molar-refractivity contribution in [1.82, 2.24) is 5.32 Å². The molecule has 0 atom stereocenters. The van der Waals surface area contributed by atoms with Crippen molar-refractivity contribution >= 4 is 5.91 Å². The molecule has 0 aromatic carbocycles. The zero-order valence-electron chi connectivity index (χ0n) is 8.77. The Hall–Kier alpha value is -0.570. The topological polar surface area (TPSA) is 38.3 Å². The number of hydrogen-bond acceptors (Lipinski definition) is 2. The van der Waals surface area contributed by atoms with Crippen LogP contribution in [-0.2, 0) is 9.53 Å². The minimum atomic E-state index is 0.101. The van der Waals surface area contributed by atoms with E-state index in [1.807, 2.05) is 6.92 Å². The molecule has 0 rings (SSSR count). The van der Waals surface area contributed by atoms with Crippen LogP contribution in [0, 0.1) is 0 Å². The molecule has 0 saturated heterocycles. The molecule has 0 unspecified atom stereocenters. The van der Waals surface area contributed by atoms with Gasteiger partial charge in [-0.1, -0.05) is 19.8 Å². The average molecular weight is 187 g/mol. The zero-order valence-corrected chi connectivity index (χ0v) is 8.77. The quantitative estimate of drug-likeness (QED) is 0.588. The molecule has 0 aliphatic carbocycles. The largest absolute Gasteiger partial charge is 0.381 e. The Balaban J connectivity index is 3.11. The second kappa shape index (κ2) is 9.52. The van der Waals surface area contributed by atoms with Crippen molar-refractivity contribution in [2.75, 3.05) is 19.8 Å². The van der Waals surface area contributed by atoms with E-state index in [0.29, 0.717) is 19.6 Å². The summed E-state index contributed by atoms with van der Waals surface area (Å²) in [6, 6.07) is 0. The molecule has 78 valence electrons. The monoisotopic (exact) mass is 187 g/mol. The Morgan fingerprint density at radius 3 is 2.69 bits per heavy atom. The van der Waals surface area contributed by atoms with Gasteiger partial charge in [0.15, 0.2) is 0 Å². The highest BCUT2D eigenvalue weighted by molar-refractivity contribution is 5.75. The van der Waals surface area contributed by atoms with Gasteiger partial charge in [-0.2, -0.15) is 0 Å². The lowest BCUT2D eigenvalue weighted by molar-refractivity contribution is -0.122. The Bertz CT molecular complexity index is 126. The third kappa shape index (κ3) is 9.34. The van der Waals surface area contributed by atoms with Crippen LogP contribution in [0.1, 0.15) is 39.5 Å². The number of carbonyl (C=O) groups excluding carboxylic acids is 1. The minimum absolute atomic E-state index is 0.101. The van der Waals surface area contributed by atoms with Crippen molar-refractivity contribution < 1.29 is 9.53 Å². The van der Waals surface area contributed by atoms with E-state index in [-0.39, 0.29) is 5.91 Å². The summed E-state index contributed by atoms with van der Waals surface area (Å²) >= 11 is 0. The fraction of sp³-hybridized carbons (Fsp3) is 0.900. The van der Waals surface area contributed by atoms with Crippen molar-refractivity contribution in [2.45, 2.75) is 39.5 Å². The van der Waals surface area contributed by atoms with Gasteiger partial charge in [0.1, 0.15) is 0 Å². The number of ether oxygens (including phenoxy) is 1. The molecule has 1 amide bonds. The molecule has 0 spiro atoms. The third-order valence-corrected chi connectivity index (χ3v) is 1.78. The van der Waals surface area contributed by atoms with Crippen molar-refractivity contribution in [3.63, 3.8) is 0 Å². The molecular weight excluding hydrogens is 166 g/mol. The lowest BCUT2D eigenvalue weighted by atomic mass is 10.2. The van der Waals surface area contributed by atoms with E-state index in [1.54, 1.807) is 0 Å². The molecule has 0 aliphatic rings. The number of rotatable bonds is 8. The number of amides is 1. The van der Waals surface area contributed by atoms with Gasteiger partial charge >= 0.3 is 0 Å². The summed E-state index contributed by atoms with van der Waals surface area (Å²) in [5.41, 5.74) is 0. The summed E-state index contributed by atoms with van der Waals surface area (Å²) in [5, 5.41) is 2.86. The fourth-order valence-electron chi connectivity index (χ4n) is 1.00. The van der Waals surface area contributed by atoms with Crippen LogP contribution in [0.4, 0.5) is 0 Å². The average Bonchev–Trinajstić information content (AvgIpc) is 2.13. The number of carbonyl (C=O) groups is 1. The molecule has 0 aromatic heterocycles. The summed E-state index contributed by atoms with van der Waals surface area (Å²) in [4.78, 5) is 11.1. The molecule has 0 fully saturated rings. The smallest absolute Gasteiger partial charge is 0.222 e. The highest BCUT2D eigenvalue weighted by Gasteiger charge is 1.98. The predicted molar refractivity (Wildman–Crippen MR) is 53.6 cm³/mol. The Labute approximate surface area is 80.8 Å². The lowest BCUT2D eigenvalue weighted by Crippen LogP contribution is -2.25. The van der Waals surface area contributed by atoms with Gasteiger partial charge in [-0.25, -0.2) is 0 Å². The molecule has 0 bridgehead atoms. The Morgan fingerprint density at radius 1 is 1.31 bits per heavy atom. The van der Waals surface area contributed by atoms with Gasteiger partial charge in [-0.15, -0.1) is 0 Å². The van der Waals surface area contributed by atoms with Crippen molar-refractivity contribution in [3.8, 4) is 0 Å². The van der Waals surface area contributed by atoms with E-state index in [1.165, 1.54) is 12.8 Å². The maximum Gasteiger partial charge on any atom is 0.222 e. The summed E-state index contributed by atoms with van der Waals surface area (Å²) in [5.74, 6) is 0.101. The maximum absolute atomic E-state index is 11.1. The van der Waals surface area contributed by atoms with Crippen LogP contribution in [0.5, 0.6) is 0 Å². The van der Waals surface area contributed by atoms with Crippen LogP contribution >= 0.6 is 0 Å². The highest BCUT2D eigenvalue weighted by atomic mass is 16.5. The Kier molecular flexibility index (Phi) is 9.10. The van der Waals surface area contributed by atoms with Crippen LogP contribution < -0.4 is 5.32 Å². The molecule has 0 radical (unpaired) electrons. The normalized spacial score (nSPS) is 10.0.